The molecule has 2 nitrogen and oxygen atoms in total. The van der Waals surface area contributed by atoms with Gasteiger partial charge in [-0.1, -0.05) is 88.8 Å². The highest BCUT2D eigenvalue weighted by Gasteiger charge is 2.36. The van der Waals surface area contributed by atoms with Gasteiger partial charge in [0, 0.05) is 4.90 Å². The van der Waals surface area contributed by atoms with Crippen molar-refractivity contribution in [3.05, 3.63) is 82.5 Å². The van der Waals surface area contributed by atoms with Crippen molar-refractivity contribution in [2.75, 3.05) is 6.61 Å². The summed E-state index contributed by atoms with van der Waals surface area (Å²) in [5, 5.41) is 8.66. The molecule has 142 valence electrons. The summed E-state index contributed by atoms with van der Waals surface area (Å²) in [5.74, 6) is -0.483. The smallest absolute Gasteiger partial charge is 0.265 e. The Morgan fingerprint density at radius 3 is 2.33 bits per heavy atom. The largest absolute Gasteiger partial charge is 0.476 e. The first-order chi connectivity index (χ1) is 12.7. The van der Waals surface area contributed by atoms with Crippen LogP contribution < -0.4 is 0 Å². The Morgan fingerprint density at radius 2 is 1.78 bits per heavy atom. The zero-order valence-corrected chi connectivity index (χ0v) is 18.4. The molecule has 2 rings (SSSR count). The Labute approximate surface area is 187 Å². The molecule has 8 heteroatoms. The molecule has 1 atom stereocenters. The van der Waals surface area contributed by atoms with Gasteiger partial charge in [0.05, 0.1) is 10.0 Å². The van der Waals surface area contributed by atoms with E-state index in [-0.39, 0.29) is 6.61 Å². The third-order valence-corrected chi connectivity index (χ3v) is 6.07. The monoisotopic (exact) mass is 479 g/mol. The standard InChI is InChI=1S/C19H14Cl5NOS/c1-2-10-18(12-26-17(25)19(22,23)24,27-14-6-4-3-5-7-14)13-8-9-15(20)16(21)11-13/h3-11,25H,1,12H2. The average Bonchev–Trinajstić information content (AvgIpc) is 2.62. The van der Waals surface area contributed by atoms with Crippen LogP contribution in [-0.2, 0) is 9.48 Å². The van der Waals surface area contributed by atoms with Crippen LogP contribution in [0.3, 0.4) is 0 Å². The van der Waals surface area contributed by atoms with Gasteiger partial charge in [-0.05, 0) is 35.9 Å². The minimum atomic E-state index is -1.96. The molecule has 0 spiro atoms. The molecule has 0 fully saturated rings. The van der Waals surface area contributed by atoms with E-state index in [1.807, 2.05) is 36.4 Å². The van der Waals surface area contributed by atoms with Crippen molar-refractivity contribution >= 4 is 75.7 Å². The number of alkyl halides is 3. The molecule has 0 aliphatic heterocycles. The Bertz CT molecular complexity index is 862. The van der Waals surface area contributed by atoms with Gasteiger partial charge in [0.2, 0.25) is 5.90 Å². The second kappa shape index (κ2) is 9.62. The maximum Gasteiger partial charge on any atom is 0.265 e. The van der Waals surface area contributed by atoms with Crippen LogP contribution in [0, 0.1) is 5.41 Å². The Hall–Kier alpha value is -0.770. The van der Waals surface area contributed by atoms with E-state index in [1.165, 1.54) is 11.8 Å². The van der Waals surface area contributed by atoms with Gasteiger partial charge >= 0.3 is 0 Å². The van der Waals surface area contributed by atoms with Crippen molar-refractivity contribution in [2.24, 2.45) is 0 Å². The quantitative estimate of drug-likeness (QED) is 0.151. The summed E-state index contributed by atoms with van der Waals surface area (Å²) in [4.78, 5) is 0.957. The topological polar surface area (TPSA) is 33.1 Å². The van der Waals surface area contributed by atoms with E-state index >= 15 is 0 Å². The fourth-order valence-corrected chi connectivity index (χ4v) is 3.89. The van der Waals surface area contributed by atoms with Crippen LogP contribution in [0.5, 0.6) is 0 Å². The molecule has 0 saturated carbocycles. The molecule has 0 aliphatic rings. The van der Waals surface area contributed by atoms with Crippen LogP contribution in [-0.4, -0.2) is 16.3 Å². The number of halogens is 5. The minimum Gasteiger partial charge on any atom is -0.476 e. The van der Waals surface area contributed by atoms with Crippen molar-refractivity contribution in [1.29, 1.82) is 5.41 Å². The predicted molar refractivity (Wildman–Crippen MR) is 118 cm³/mol. The first kappa shape index (κ1) is 22.5. The Morgan fingerprint density at radius 1 is 1.11 bits per heavy atom. The second-order valence-electron chi connectivity index (χ2n) is 5.40. The van der Waals surface area contributed by atoms with Gasteiger partial charge in [0.1, 0.15) is 11.4 Å². The molecule has 2 aromatic carbocycles. The number of hydrogen-bond donors (Lipinski definition) is 1. The van der Waals surface area contributed by atoms with Crippen LogP contribution in [0.4, 0.5) is 0 Å². The van der Waals surface area contributed by atoms with E-state index in [0.29, 0.717) is 10.0 Å². The maximum absolute atomic E-state index is 7.85. The zero-order chi connectivity index (χ0) is 20.1. The van der Waals surface area contributed by atoms with E-state index in [0.717, 1.165) is 10.5 Å². The van der Waals surface area contributed by atoms with Crippen molar-refractivity contribution < 1.29 is 4.74 Å². The van der Waals surface area contributed by atoms with Gasteiger partial charge in [-0.25, -0.2) is 0 Å². The molecular weight excluding hydrogens is 468 g/mol. The predicted octanol–water partition coefficient (Wildman–Crippen LogP) is 7.69. The molecule has 0 saturated heterocycles. The van der Waals surface area contributed by atoms with Crippen LogP contribution >= 0.6 is 69.8 Å². The van der Waals surface area contributed by atoms with Crippen molar-refractivity contribution in [1.82, 2.24) is 0 Å². The zero-order valence-electron chi connectivity index (χ0n) is 13.8. The summed E-state index contributed by atoms with van der Waals surface area (Å²) >= 11 is 31.0. The average molecular weight is 482 g/mol. The SMILES string of the molecule is C=C=CC(COC(=N)C(Cl)(Cl)Cl)(Sc1ccccc1)c1ccc(Cl)c(Cl)c1. The van der Waals surface area contributed by atoms with Gasteiger partial charge in [0.15, 0.2) is 0 Å². The van der Waals surface area contributed by atoms with E-state index in [2.05, 4.69) is 12.3 Å². The lowest BCUT2D eigenvalue weighted by Gasteiger charge is -2.31. The summed E-state index contributed by atoms with van der Waals surface area (Å²) < 4.78 is 2.72. The summed E-state index contributed by atoms with van der Waals surface area (Å²) in [6, 6.07) is 14.9. The van der Waals surface area contributed by atoms with Gasteiger partial charge in [0.25, 0.3) is 3.79 Å². The highest BCUT2D eigenvalue weighted by molar-refractivity contribution is 8.00. The number of thioether (sulfide) groups is 1. The lowest BCUT2D eigenvalue weighted by atomic mass is 9.98. The summed E-state index contributed by atoms with van der Waals surface area (Å²) in [6.45, 7) is 3.67. The van der Waals surface area contributed by atoms with Gasteiger partial charge in [-0.3, -0.25) is 5.41 Å². The number of rotatable bonds is 6. The molecule has 2 aromatic rings. The van der Waals surface area contributed by atoms with Crippen molar-refractivity contribution in [3.8, 4) is 0 Å². The van der Waals surface area contributed by atoms with Crippen LogP contribution in [0.2, 0.25) is 10.0 Å². The van der Waals surface area contributed by atoms with Gasteiger partial charge < -0.3 is 4.74 Å². The molecule has 0 amide bonds. The maximum atomic E-state index is 7.85. The number of benzene rings is 2. The number of hydrogen-bond acceptors (Lipinski definition) is 3. The first-order valence-corrected chi connectivity index (χ1v) is 10.2. The lowest BCUT2D eigenvalue weighted by Crippen LogP contribution is -2.31. The molecule has 1 N–H and O–H groups in total. The molecule has 0 aliphatic carbocycles. The molecule has 1 unspecified atom stereocenters. The third kappa shape index (κ3) is 6.10. The van der Waals surface area contributed by atoms with E-state index in [1.54, 1.807) is 18.2 Å². The van der Waals surface area contributed by atoms with Crippen LogP contribution in [0.1, 0.15) is 5.56 Å². The fourth-order valence-electron chi connectivity index (χ4n) is 2.21. The Kier molecular flexibility index (Phi) is 8.03. The number of ether oxygens (including phenoxy) is 1. The van der Waals surface area contributed by atoms with Crippen LogP contribution in [0.15, 0.2) is 71.8 Å². The summed E-state index contributed by atoms with van der Waals surface area (Å²) in [7, 11) is 0. The fraction of sp³-hybridized carbons (Fsp3) is 0.158. The van der Waals surface area contributed by atoms with Gasteiger partial charge in [-0.2, -0.15) is 0 Å². The van der Waals surface area contributed by atoms with Crippen molar-refractivity contribution in [3.63, 3.8) is 0 Å². The molecule has 0 radical (unpaired) electrons. The molecule has 0 aromatic heterocycles. The summed E-state index contributed by atoms with van der Waals surface area (Å²) in [6.07, 6.45) is 1.73. The first-order valence-electron chi connectivity index (χ1n) is 7.53. The highest BCUT2D eigenvalue weighted by atomic mass is 35.6. The third-order valence-electron chi connectivity index (χ3n) is 3.48. The molecule has 0 heterocycles. The molecule has 0 bridgehead atoms. The van der Waals surface area contributed by atoms with E-state index < -0.39 is 14.4 Å². The van der Waals surface area contributed by atoms with E-state index in [4.69, 9.17) is 68.2 Å². The minimum absolute atomic E-state index is 0.0141. The lowest BCUT2D eigenvalue weighted by molar-refractivity contribution is 0.273. The number of nitrogens with one attached hydrogen (secondary N) is 1. The normalized spacial score (nSPS) is 13.4. The van der Waals surface area contributed by atoms with Crippen LogP contribution in [0.25, 0.3) is 0 Å². The molecule has 27 heavy (non-hydrogen) atoms. The van der Waals surface area contributed by atoms with Crippen molar-refractivity contribution in [2.45, 2.75) is 13.4 Å². The highest BCUT2D eigenvalue weighted by Crippen LogP contribution is 2.45. The summed E-state index contributed by atoms with van der Waals surface area (Å²) in [5.41, 5.74) is 3.58. The Balaban J connectivity index is 2.50. The van der Waals surface area contributed by atoms with E-state index in [9.17, 15) is 0 Å². The van der Waals surface area contributed by atoms with Gasteiger partial charge in [-0.15, -0.1) is 17.5 Å². The molecular formula is C19H14Cl5NOS. The second-order valence-corrected chi connectivity index (χ2v) is 9.90.